The number of benzene rings is 2. The van der Waals surface area contributed by atoms with E-state index in [0.717, 1.165) is 5.56 Å². The molecule has 0 atom stereocenters. The molecule has 2 rings (SSSR count). The van der Waals surface area contributed by atoms with Gasteiger partial charge in [0.1, 0.15) is 5.82 Å². The zero-order valence-corrected chi connectivity index (χ0v) is 18.6. The molecule has 0 amide bonds. The van der Waals surface area contributed by atoms with E-state index in [0.29, 0.717) is 48.4 Å². The van der Waals surface area contributed by atoms with Gasteiger partial charge in [0.05, 0.1) is 27.9 Å². The molecule has 2 aromatic carbocycles. The summed E-state index contributed by atoms with van der Waals surface area (Å²) in [4.78, 5) is 4.66. The molecule has 164 valence electrons. The molecule has 0 aliphatic heterocycles. The second-order valence-corrected chi connectivity index (χ2v) is 7.45. The molecule has 0 spiro atoms. The van der Waals surface area contributed by atoms with Crippen molar-refractivity contribution in [2.45, 2.75) is 32.7 Å². The number of guanidine groups is 1. The van der Waals surface area contributed by atoms with Gasteiger partial charge in [-0.05, 0) is 36.2 Å². The Balaban J connectivity index is 2.17. The molecular weight excluding hydrogens is 385 g/mol. The van der Waals surface area contributed by atoms with E-state index in [1.807, 2.05) is 45.0 Å². The van der Waals surface area contributed by atoms with Crippen LogP contribution in [-0.2, 0) is 12.0 Å². The third kappa shape index (κ3) is 5.78. The number of ether oxygens (including phenoxy) is 3. The Labute approximate surface area is 178 Å². The molecule has 2 N–H and O–H groups in total. The van der Waals surface area contributed by atoms with Gasteiger partial charge in [-0.25, -0.2) is 9.38 Å². The predicted molar refractivity (Wildman–Crippen MR) is 118 cm³/mol. The highest BCUT2D eigenvalue weighted by atomic mass is 19.1. The molecule has 0 unspecified atom stereocenters. The van der Waals surface area contributed by atoms with Crippen LogP contribution in [0.15, 0.2) is 41.4 Å². The zero-order valence-electron chi connectivity index (χ0n) is 18.6. The molecule has 0 saturated heterocycles. The fraction of sp³-hybridized carbons (Fsp3) is 0.435. The van der Waals surface area contributed by atoms with E-state index in [1.54, 1.807) is 27.4 Å². The van der Waals surface area contributed by atoms with Crippen molar-refractivity contribution in [3.63, 3.8) is 0 Å². The maximum absolute atomic E-state index is 14.2. The van der Waals surface area contributed by atoms with E-state index in [4.69, 9.17) is 14.2 Å². The molecule has 0 aromatic heterocycles. The van der Waals surface area contributed by atoms with Crippen LogP contribution in [0.25, 0.3) is 0 Å². The summed E-state index contributed by atoms with van der Waals surface area (Å²) < 4.78 is 30.4. The molecule has 0 saturated carbocycles. The summed E-state index contributed by atoms with van der Waals surface area (Å²) >= 11 is 0. The van der Waals surface area contributed by atoms with Gasteiger partial charge in [0.2, 0.25) is 5.75 Å². The first-order chi connectivity index (χ1) is 14.4. The normalized spacial score (nSPS) is 11.8. The summed E-state index contributed by atoms with van der Waals surface area (Å²) in [6, 6.07) is 10.6. The average molecular weight is 418 g/mol. The van der Waals surface area contributed by atoms with Crippen LogP contribution in [-0.4, -0.2) is 40.4 Å². The van der Waals surface area contributed by atoms with Crippen LogP contribution in [0.2, 0.25) is 0 Å². The lowest BCUT2D eigenvalue weighted by atomic mass is 9.84. The van der Waals surface area contributed by atoms with Crippen molar-refractivity contribution in [2.24, 2.45) is 4.99 Å². The highest BCUT2D eigenvalue weighted by Gasteiger charge is 2.24. The standard InChI is InChI=1S/C23H32FN3O3/c1-7-25-22(27-15-23(2,3)17-10-8-9-11-18(17)24)26-14-16-12-19(28-4)21(30-6)20(13-16)29-5/h8-13H,7,14-15H2,1-6H3,(H2,25,26,27). The van der Waals surface area contributed by atoms with Crippen LogP contribution >= 0.6 is 0 Å². The smallest absolute Gasteiger partial charge is 0.203 e. The molecule has 7 heteroatoms. The summed E-state index contributed by atoms with van der Waals surface area (Å²) in [6.45, 7) is 7.64. The third-order valence-corrected chi connectivity index (χ3v) is 4.79. The summed E-state index contributed by atoms with van der Waals surface area (Å²) in [5, 5.41) is 6.55. The Morgan fingerprint density at radius 2 is 1.63 bits per heavy atom. The minimum absolute atomic E-state index is 0.205. The van der Waals surface area contributed by atoms with Crippen LogP contribution in [0.5, 0.6) is 17.2 Å². The maximum atomic E-state index is 14.2. The van der Waals surface area contributed by atoms with E-state index in [2.05, 4.69) is 15.6 Å². The van der Waals surface area contributed by atoms with Crippen molar-refractivity contribution in [3.05, 3.63) is 53.3 Å². The molecule has 0 radical (unpaired) electrons. The summed E-state index contributed by atoms with van der Waals surface area (Å²) in [5.41, 5.74) is 1.17. The Hall–Kier alpha value is -2.96. The van der Waals surface area contributed by atoms with Gasteiger partial charge in [-0.15, -0.1) is 0 Å². The quantitative estimate of drug-likeness (QED) is 0.479. The third-order valence-electron chi connectivity index (χ3n) is 4.79. The van der Waals surface area contributed by atoms with E-state index in [-0.39, 0.29) is 5.82 Å². The highest BCUT2D eigenvalue weighted by Crippen LogP contribution is 2.38. The highest BCUT2D eigenvalue weighted by molar-refractivity contribution is 5.79. The molecule has 0 bridgehead atoms. The van der Waals surface area contributed by atoms with Gasteiger partial charge in [-0.2, -0.15) is 0 Å². The zero-order chi connectivity index (χ0) is 22.1. The number of hydrogen-bond donors (Lipinski definition) is 2. The molecule has 6 nitrogen and oxygen atoms in total. The van der Waals surface area contributed by atoms with Crippen LogP contribution < -0.4 is 24.8 Å². The fourth-order valence-corrected chi connectivity index (χ4v) is 3.15. The number of hydrogen-bond acceptors (Lipinski definition) is 4. The fourth-order valence-electron chi connectivity index (χ4n) is 3.15. The van der Waals surface area contributed by atoms with E-state index >= 15 is 0 Å². The van der Waals surface area contributed by atoms with Crippen LogP contribution in [0.1, 0.15) is 31.9 Å². The van der Waals surface area contributed by atoms with E-state index < -0.39 is 5.41 Å². The van der Waals surface area contributed by atoms with Crippen molar-refractivity contribution < 1.29 is 18.6 Å². The molecule has 0 fully saturated rings. The van der Waals surface area contributed by atoms with Crippen molar-refractivity contribution in [3.8, 4) is 17.2 Å². The molecule has 0 aliphatic carbocycles. The number of nitrogens with one attached hydrogen (secondary N) is 2. The maximum Gasteiger partial charge on any atom is 0.203 e. The molecule has 0 heterocycles. The second kappa shape index (κ2) is 10.7. The Kier molecular flexibility index (Phi) is 8.33. The van der Waals surface area contributed by atoms with Gasteiger partial charge in [0.25, 0.3) is 0 Å². The minimum Gasteiger partial charge on any atom is -0.493 e. The SMILES string of the molecule is CCNC(=NCc1cc(OC)c(OC)c(OC)c1)NCC(C)(C)c1ccccc1F. The second-order valence-electron chi connectivity index (χ2n) is 7.45. The summed E-state index contributed by atoms with van der Waals surface area (Å²) in [6.07, 6.45) is 0. The van der Waals surface area contributed by atoms with Gasteiger partial charge in [0.15, 0.2) is 17.5 Å². The van der Waals surface area contributed by atoms with Crippen molar-refractivity contribution >= 4 is 5.96 Å². The van der Waals surface area contributed by atoms with Crippen LogP contribution in [0.4, 0.5) is 4.39 Å². The van der Waals surface area contributed by atoms with Gasteiger partial charge in [0, 0.05) is 18.5 Å². The monoisotopic (exact) mass is 417 g/mol. The van der Waals surface area contributed by atoms with Crippen molar-refractivity contribution in [1.29, 1.82) is 0 Å². The van der Waals surface area contributed by atoms with Gasteiger partial charge < -0.3 is 24.8 Å². The lowest BCUT2D eigenvalue weighted by Crippen LogP contribution is -2.43. The molecule has 2 aromatic rings. The predicted octanol–water partition coefficient (Wildman–Crippen LogP) is 3.88. The summed E-state index contributed by atoms with van der Waals surface area (Å²) in [7, 11) is 4.74. The van der Waals surface area contributed by atoms with Crippen molar-refractivity contribution in [1.82, 2.24) is 10.6 Å². The van der Waals surface area contributed by atoms with Gasteiger partial charge >= 0.3 is 0 Å². The molecule has 0 aliphatic rings. The lowest BCUT2D eigenvalue weighted by molar-refractivity contribution is 0.324. The largest absolute Gasteiger partial charge is 0.493 e. The van der Waals surface area contributed by atoms with Crippen molar-refractivity contribution in [2.75, 3.05) is 34.4 Å². The van der Waals surface area contributed by atoms with E-state index in [9.17, 15) is 4.39 Å². The van der Waals surface area contributed by atoms with Gasteiger partial charge in [-0.3, -0.25) is 0 Å². The van der Waals surface area contributed by atoms with Crippen LogP contribution in [0.3, 0.4) is 0 Å². The van der Waals surface area contributed by atoms with E-state index in [1.165, 1.54) is 6.07 Å². The topological polar surface area (TPSA) is 64.1 Å². The number of rotatable bonds is 9. The Bertz CT molecular complexity index is 844. The summed E-state index contributed by atoms with van der Waals surface area (Å²) in [5.74, 6) is 2.16. The first kappa shape index (κ1) is 23.3. The first-order valence-corrected chi connectivity index (χ1v) is 9.92. The number of nitrogens with zero attached hydrogens (tertiary/aromatic N) is 1. The number of methoxy groups -OCH3 is 3. The molecule has 30 heavy (non-hydrogen) atoms. The minimum atomic E-state index is -0.409. The first-order valence-electron chi connectivity index (χ1n) is 9.92. The molecular formula is C23H32FN3O3. The average Bonchev–Trinajstić information content (AvgIpc) is 2.74. The number of aliphatic imine (C=N–C) groups is 1. The lowest BCUT2D eigenvalue weighted by Gasteiger charge is -2.27. The van der Waals surface area contributed by atoms with Crippen LogP contribution in [0, 0.1) is 5.82 Å². The Morgan fingerprint density at radius 3 is 2.17 bits per heavy atom. The van der Waals surface area contributed by atoms with Gasteiger partial charge in [-0.1, -0.05) is 32.0 Å². The number of halogens is 1. The Morgan fingerprint density at radius 1 is 1.00 bits per heavy atom.